The van der Waals surface area contributed by atoms with Crippen molar-refractivity contribution < 1.29 is 9.53 Å². The van der Waals surface area contributed by atoms with Crippen molar-refractivity contribution in [1.82, 2.24) is 19.7 Å². The number of carbonyl (C=O) groups excluding carboxylic acids is 1. The monoisotopic (exact) mass is 268 g/mol. The van der Waals surface area contributed by atoms with Crippen molar-refractivity contribution in [2.24, 2.45) is 5.92 Å². The number of esters is 1. The van der Waals surface area contributed by atoms with E-state index in [0.717, 1.165) is 18.9 Å². The predicted molar refractivity (Wildman–Crippen MR) is 72.4 cm³/mol. The highest BCUT2D eigenvalue weighted by Crippen LogP contribution is 2.05. The predicted octanol–water partition coefficient (Wildman–Crippen LogP) is 1.32. The fourth-order valence-electron chi connectivity index (χ4n) is 1.81. The number of aromatic nitrogens is 3. The van der Waals surface area contributed by atoms with Crippen LogP contribution in [0.4, 0.5) is 0 Å². The van der Waals surface area contributed by atoms with E-state index in [1.54, 1.807) is 6.33 Å². The lowest BCUT2D eigenvalue weighted by Gasteiger charge is -2.19. The van der Waals surface area contributed by atoms with E-state index >= 15 is 0 Å². The zero-order valence-electron chi connectivity index (χ0n) is 12.3. The van der Waals surface area contributed by atoms with E-state index in [4.69, 9.17) is 0 Å². The average Bonchev–Trinajstić information content (AvgIpc) is 2.80. The van der Waals surface area contributed by atoms with Crippen LogP contribution in [0.25, 0.3) is 0 Å². The van der Waals surface area contributed by atoms with Crippen LogP contribution < -0.4 is 0 Å². The highest BCUT2D eigenvalue weighted by Gasteiger charge is 2.12. The van der Waals surface area contributed by atoms with Crippen molar-refractivity contribution in [1.29, 1.82) is 0 Å². The SMILES string of the molecule is CCN(CCC(=O)OC)Cc1ncnn1CC(C)C. The van der Waals surface area contributed by atoms with Crippen molar-refractivity contribution in [3.63, 3.8) is 0 Å². The number of hydrogen-bond acceptors (Lipinski definition) is 5. The van der Waals surface area contributed by atoms with Crippen LogP contribution in [0.1, 0.15) is 33.0 Å². The summed E-state index contributed by atoms with van der Waals surface area (Å²) in [6, 6.07) is 0. The van der Waals surface area contributed by atoms with E-state index in [9.17, 15) is 4.79 Å². The Balaban J connectivity index is 2.55. The Kier molecular flexibility index (Phi) is 6.49. The maximum absolute atomic E-state index is 11.2. The molecule has 0 saturated carbocycles. The van der Waals surface area contributed by atoms with E-state index in [2.05, 4.69) is 40.5 Å². The lowest BCUT2D eigenvalue weighted by Crippen LogP contribution is -2.28. The maximum Gasteiger partial charge on any atom is 0.306 e. The second-order valence-corrected chi connectivity index (χ2v) is 4.95. The Hall–Kier alpha value is -1.43. The Bertz CT molecular complexity index is 390. The molecule has 0 spiro atoms. The van der Waals surface area contributed by atoms with E-state index in [0.29, 0.717) is 25.4 Å². The standard InChI is InChI=1S/C13H24N4O2/c1-5-16(7-6-13(18)19-4)9-12-14-10-15-17(12)8-11(2)3/h10-11H,5-9H2,1-4H3. The van der Waals surface area contributed by atoms with Crippen LogP contribution >= 0.6 is 0 Å². The third kappa shape index (κ3) is 5.38. The largest absolute Gasteiger partial charge is 0.469 e. The molecule has 1 rings (SSSR count). The molecule has 0 fully saturated rings. The van der Waals surface area contributed by atoms with Crippen LogP contribution in [0.5, 0.6) is 0 Å². The molecular formula is C13H24N4O2. The minimum atomic E-state index is -0.179. The molecule has 1 aromatic heterocycles. The van der Waals surface area contributed by atoms with Crippen LogP contribution in [0.2, 0.25) is 0 Å². The van der Waals surface area contributed by atoms with Gasteiger partial charge in [-0.15, -0.1) is 0 Å². The van der Waals surface area contributed by atoms with Gasteiger partial charge < -0.3 is 4.74 Å². The zero-order chi connectivity index (χ0) is 14.3. The summed E-state index contributed by atoms with van der Waals surface area (Å²) >= 11 is 0. The fourth-order valence-corrected chi connectivity index (χ4v) is 1.81. The van der Waals surface area contributed by atoms with Gasteiger partial charge in [0.15, 0.2) is 0 Å². The van der Waals surface area contributed by atoms with Gasteiger partial charge in [-0.2, -0.15) is 5.10 Å². The first-order valence-corrected chi connectivity index (χ1v) is 6.72. The fraction of sp³-hybridized carbons (Fsp3) is 0.769. The Labute approximate surface area is 114 Å². The van der Waals surface area contributed by atoms with Gasteiger partial charge in [0.2, 0.25) is 0 Å². The van der Waals surface area contributed by atoms with Gasteiger partial charge in [-0.05, 0) is 12.5 Å². The van der Waals surface area contributed by atoms with Gasteiger partial charge in [0.1, 0.15) is 12.2 Å². The summed E-state index contributed by atoms with van der Waals surface area (Å²) in [7, 11) is 1.41. The molecule has 0 amide bonds. The molecule has 0 radical (unpaired) electrons. The first kappa shape index (κ1) is 15.6. The molecule has 0 saturated heterocycles. The van der Waals surface area contributed by atoms with Gasteiger partial charge in [0, 0.05) is 13.1 Å². The minimum Gasteiger partial charge on any atom is -0.469 e. The second kappa shape index (κ2) is 7.89. The van der Waals surface area contributed by atoms with Gasteiger partial charge in [-0.25, -0.2) is 9.67 Å². The van der Waals surface area contributed by atoms with Crippen molar-refractivity contribution in [3.05, 3.63) is 12.2 Å². The van der Waals surface area contributed by atoms with Crippen LogP contribution in [0.15, 0.2) is 6.33 Å². The zero-order valence-corrected chi connectivity index (χ0v) is 12.3. The molecule has 1 aromatic rings. The molecule has 0 bridgehead atoms. The second-order valence-electron chi connectivity index (χ2n) is 4.95. The van der Waals surface area contributed by atoms with Crippen LogP contribution in [0, 0.1) is 5.92 Å². The number of methoxy groups -OCH3 is 1. The van der Waals surface area contributed by atoms with Crippen LogP contribution in [-0.2, 0) is 22.6 Å². The van der Waals surface area contributed by atoms with Crippen molar-refractivity contribution in [2.75, 3.05) is 20.2 Å². The number of hydrogen-bond donors (Lipinski definition) is 0. The number of nitrogens with zero attached hydrogens (tertiary/aromatic N) is 4. The third-order valence-corrected chi connectivity index (χ3v) is 2.91. The van der Waals surface area contributed by atoms with Crippen molar-refractivity contribution >= 4 is 5.97 Å². The van der Waals surface area contributed by atoms with Gasteiger partial charge in [0.05, 0.1) is 20.1 Å². The summed E-state index contributed by atoms with van der Waals surface area (Å²) in [5, 5.41) is 4.24. The molecule has 0 aromatic carbocycles. The first-order chi connectivity index (χ1) is 9.06. The summed E-state index contributed by atoms with van der Waals surface area (Å²) in [4.78, 5) is 17.6. The molecule has 6 nitrogen and oxygen atoms in total. The van der Waals surface area contributed by atoms with Crippen LogP contribution in [0.3, 0.4) is 0 Å². The highest BCUT2D eigenvalue weighted by atomic mass is 16.5. The van der Waals surface area contributed by atoms with Gasteiger partial charge >= 0.3 is 5.97 Å². The molecule has 0 atom stereocenters. The molecule has 19 heavy (non-hydrogen) atoms. The summed E-state index contributed by atoms with van der Waals surface area (Å²) in [5.74, 6) is 1.30. The van der Waals surface area contributed by atoms with Crippen LogP contribution in [-0.4, -0.2) is 45.8 Å². The third-order valence-electron chi connectivity index (χ3n) is 2.91. The first-order valence-electron chi connectivity index (χ1n) is 6.72. The summed E-state index contributed by atoms with van der Waals surface area (Å²) in [6.07, 6.45) is 1.99. The normalized spacial score (nSPS) is 11.3. The molecule has 0 aliphatic carbocycles. The summed E-state index contributed by atoms with van der Waals surface area (Å²) in [6.45, 7) is 9.49. The van der Waals surface area contributed by atoms with E-state index < -0.39 is 0 Å². The van der Waals surface area contributed by atoms with Gasteiger partial charge in [0.25, 0.3) is 0 Å². The molecule has 1 heterocycles. The summed E-state index contributed by atoms with van der Waals surface area (Å²) < 4.78 is 6.59. The van der Waals surface area contributed by atoms with Gasteiger partial charge in [-0.1, -0.05) is 20.8 Å². The molecule has 0 unspecified atom stereocenters. The molecule has 0 aliphatic heterocycles. The number of ether oxygens (including phenoxy) is 1. The lowest BCUT2D eigenvalue weighted by atomic mass is 10.2. The smallest absolute Gasteiger partial charge is 0.306 e. The van der Waals surface area contributed by atoms with Crippen molar-refractivity contribution in [3.8, 4) is 0 Å². The lowest BCUT2D eigenvalue weighted by molar-refractivity contribution is -0.141. The molecular weight excluding hydrogens is 244 g/mol. The molecule has 0 N–H and O–H groups in total. The maximum atomic E-state index is 11.2. The Morgan fingerprint density at radius 1 is 1.53 bits per heavy atom. The molecule has 6 heteroatoms. The molecule has 0 aliphatic rings. The van der Waals surface area contributed by atoms with Crippen molar-refractivity contribution in [2.45, 2.75) is 40.3 Å². The Morgan fingerprint density at radius 2 is 2.26 bits per heavy atom. The number of rotatable bonds is 8. The average molecular weight is 268 g/mol. The molecule has 108 valence electrons. The van der Waals surface area contributed by atoms with E-state index in [-0.39, 0.29) is 5.97 Å². The number of carbonyl (C=O) groups is 1. The quantitative estimate of drug-likeness (QED) is 0.665. The highest BCUT2D eigenvalue weighted by molar-refractivity contribution is 5.69. The topological polar surface area (TPSA) is 60.3 Å². The van der Waals surface area contributed by atoms with Gasteiger partial charge in [-0.3, -0.25) is 9.69 Å². The summed E-state index contributed by atoms with van der Waals surface area (Å²) in [5.41, 5.74) is 0. The van der Waals surface area contributed by atoms with E-state index in [1.807, 2.05) is 4.68 Å². The van der Waals surface area contributed by atoms with E-state index in [1.165, 1.54) is 7.11 Å². The Morgan fingerprint density at radius 3 is 2.84 bits per heavy atom. The minimum absolute atomic E-state index is 0.179.